The van der Waals surface area contributed by atoms with Crippen molar-refractivity contribution in [3.8, 4) is 5.75 Å². The number of aryl methyl sites for hydroxylation is 1. The average Bonchev–Trinajstić information content (AvgIpc) is 0.782. The third-order valence-electron chi connectivity index (χ3n) is 18.3. The number of fused-ring (bicyclic) bond motifs is 1. The highest BCUT2D eigenvalue weighted by atomic mass is 80.0. The molecule has 50 heteroatoms. The molecule has 0 aliphatic rings. The van der Waals surface area contributed by atoms with E-state index >= 15 is 0 Å². The van der Waals surface area contributed by atoms with Crippen LogP contribution in [0.5, 0.6) is 5.75 Å². The lowest BCUT2D eigenvalue weighted by atomic mass is 9.72. The van der Waals surface area contributed by atoms with Crippen LogP contribution >= 0.6 is 239 Å². The van der Waals surface area contributed by atoms with Crippen molar-refractivity contribution in [3.63, 3.8) is 0 Å². The number of methoxy groups -OCH3 is 1. The van der Waals surface area contributed by atoms with Gasteiger partial charge >= 0.3 is 0 Å². The number of alkyl halides is 15. The smallest absolute Gasteiger partial charge is 0.242 e. The Morgan fingerprint density at radius 3 is 0.679 bits per heavy atom. The van der Waals surface area contributed by atoms with Gasteiger partial charge in [-0.3, -0.25) is 0 Å². The fourth-order valence-corrected chi connectivity index (χ4v) is 31.1. The first-order valence-electron chi connectivity index (χ1n) is 36.1. The molecule has 0 aliphatic heterocycles. The Balaban J connectivity index is 0.000000225. The molecular weight excluding hydrogens is 2910 g/mol. The number of hydrogen-bond donors (Lipinski definition) is 0. The SMILES string of the molecule is CC(C)(C)CC(C)(C)c1ccc(S(=O)(=O)c2ccc(S(=O)(=O)C(Br)(Br)Br)cc2)cc1.CN(C)S(=O)(=O)c1ccc(S(=O)(=O)c2ccc(S(=O)(=O)C(Br)(Br)Br)cc2)cc1.COc1ccc(S(=O)(=O)c2ccc(S(=O)(=O)C(Br)(Br)Br)cc2)cc1.Cc1ccc(S(=O)(=O)c2ccc(S(=O)(=O)C(Br)(Br)Br)cc2)cc1.O=S(=O)(c1ccc(S(=O)(=O)C(Br)(Br)Br)cc1)c1ccc2ccccc2c1. The van der Waals surface area contributed by atoms with Crippen LogP contribution in [-0.2, 0) is 114 Å². The number of benzene rings is 11. The molecule has 0 aromatic heterocycles. The van der Waals surface area contributed by atoms with Crippen molar-refractivity contribution in [2.24, 2.45) is 5.41 Å². The van der Waals surface area contributed by atoms with Crippen molar-refractivity contribution in [1.29, 1.82) is 0 Å². The standard InChI is InChI=1S/C21H25Br3O4S2.C17H11Br3O4S2.C15H14Br3NO6S3.C14H11Br3O5S2.C14H11Br3O4S2/c1-19(2,3)14-20(4,5)15-6-8-16(9-7-15)29(25,26)17-10-12-18(13-11-17)30(27,28)21(22,23)24;18-17(19,20)26(23,24)15-9-7-14(8-10-15)25(21,22)16-6-5-12-3-1-2-4-13(12)11-16;1-19(2)28(24,25)14-9-5-12(6-10-14)26(20,21)11-3-7-13(8-4-11)27(22,23)15(16,17)18;1-22-10-2-4-11(5-3-10)23(18,19)12-6-8-13(9-7-12)24(20,21)14(15,16)17;1-10-2-4-11(5-3-10)22(18,19)12-6-8-13(9-7-12)23(20,21)14(15,16)17/h6-13H,14H2,1-5H3;1-11H;3-10H,1-2H3;2-9H,1H3;2-9H,1H3. The fraction of sp³-hybridized carbons (Fsp3) is 0.210. The summed E-state index contributed by atoms with van der Waals surface area (Å²) in [4.78, 5) is 0.168. The monoisotopic (exact) mass is 2960 g/mol. The molecule has 0 saturated carbocycles. The van der Waals surface area contributed by atoms with Crippen LogP contribution in [0.1, 0.15) is 52.2 Å². The van der Waals surface area contributed by atoms with Gasteiger partial charge in [0.15, 0.2) is 0 Å². The van der Waals surface area contributed by atoms with E-state index in [-0.39, 0.29) is 89.2 Å². The maximum atomic E-state index is 13.0. The molecule has 0 N–H and O–H groups in total. The molecule has 0 radical (unpaired) electrons. The van der Waals surface area contributed by atoms with Crippen molar-refractivity contribution in [3.05, 3.63) is 272 Å². The van der Waals surface area contributed by atoms with Gasteiger partial charge in [0, 0.05) is 14.1 Å². The summed E-state index contributed by atoms with van der Waals surface area (Å²) in [5.74, 6) is 0.540. The molecule has 131 heavy (non-hydrogen) atoms. The van der Waals surface area contributed by atoms with Gasteiger partial charge in [-0.1, -0.05) is 94.8 Å². The fourth-order valence-electron chi connectivity index (χ4n) is 11.7. The van der Waals surface area contributed by atoms with Crippen LogP contribution in [0.3, 0.4) is 0 Å². The maximum absolute atomic E-state index is 13.0. The van der Waals surface area contributed by atoms with E-state index in [9.17, 15) is 92.6 Å². The molecule has 0 atom stereocenters. The van der Waals surface area contributed by atoms with Gasteiger partial charge in [0.25, 0.3) is 0 Å². The van der Waals surface area contributed by atoms with Gasteiger partial charge in [-0.05, 0) is 486 Å². The van der Waals surface area contributed by atoms with E-state index in [2.05, 4.69) is 274 Å². The zero-order valence-corrected chi connectivity index (χ0v) is 101. The third-order valence-corrected chi connectivity index (χ3v) is 55.7. The molecule has 0 unspecified atom stereocenters. The molecule has 0 bridgehead atoms. The summed E-state index contributed by atoms with van der Waals surface area (Å²) in [5, 5.41) is 1.76. The van der Waals surface area contributed by atoms with Crippen LogP contribution in [0.15, 0.2) is 339 Å². The summed E-state index contributed by atoms with van der Waals surface area (Å²) in [6, 6.07) is 61.5. The minimum Gasteiger partial charge on any atom is -0.497 e. The van der Waals surface area contributed by atoms with Crippen molar-refractivity contribution < 1.29 is 97.3 Å². The minimum absolute atomic E-state index is 0.00376. The van der Waals surface area contributed by atoms with Crippen LogP contribution in [0.25, 0.3) is 10.8 Å². The number of halogens is 15. The lowest BCUT2D eigenvalue weighted by Gasteiger charge is -2.33. The molecule has 11 rings (SSSR count). The summed E-state index contributed by atoms with van der Waals surface area (Å²) < 4.78 is 273. The van der Waals surface area contributed by atoms with Crippen LogP contribution in [0.2, 0.25) is 0 Å². The third kappa shape index (κ3) is 28.1. The second-order valence-corrected chi connectivity index (χ2v) is 93.6. The first-order valence-corrected chi connectivity index (χ1v) is 64.3. The lowest BCUT2D eigenvalue weighted by molar-refractivity contribution is 0.284. The van der Waals surface area contributed by atoms with E-state index in [1.165, 1.54) is 191 Å². The lowest BCUT2D eigenvalue weighted by Crippen LogP contribution is -2.24. The predicted octanol–water partition coefficient (Wildman–Crippen LogP) is 23.9. The molecule has 710 valence electrons. The molecule has 11 aromatic rings. The zero-order valence-electron chi connectivity index (χ0n) is 68.5. The number of nitrogens with zero attached hydrogens (tertiary/aromatic N) is 1. The van der Waals surface area contributed by atoms with Crippen molar-refractivity contribution >= 4 is 358 Å². The number of sulfone groups is 10. The Hall–Kier alpha value is -1.91. The normalized spacial score (nSPS) is 13.4. The van der Waals surface area contributed by atoms with Crippen molar-refractivity contribution in [2.75, 3.05) is 21.2 Å². The second kappa shape index (κ2) is 43.9. The largest absolute Gasteiger partial charge is 0.497 e. The summed E-state index contributed by atoms with van der Waals surface area (Å²) in [6.45, 7) is 12.7. The first kappa shape index (κ1) is 116. The van der Waals surface area contributed by atoms with Crippen molar-refractivity contribution in [1.82, 2.24) is 4.31 Å². The van der Waals surface area contributed by atoms with E-state index in [4.69, 9.17) is 4.74 Å². The molecule has 11 aromatic carbocycles. The summed E-state index contributed by atoms with van der Waals surface area (Å²) >= 11 is 44.5. The van der Waals surface area contributed by atoms with Crippen LogP contribution in [0, 0.1) is 12.3 Å². The molecule has 0 saturated heterocycles. The van der Waals surface area contributed by atoms with Gasteiger partial charge in [-0.25, -0.2) is 96.9 Å². The Labute approximate surface area is 890 Å². The summed E-state index contributed by atoms with van der Waals surface area (Å²) in [6.07, 6.45) is 0.957. The first-order chi connectivity index (χ1) is 59.5. The Morgan fingerprint density at radius 2 is 0.450 bits per heavy atom. The Bertz CT molecular complexity index is 7380. The molecule has 0 spiro atoms. The van der Waals surface area contributed by atoms with Crippen LogP contribution in [-0.4, -0.2) is 125 Å². The molecular formula is C81H72Br15NO23S11. The minimum atomic E-state index is -3.96. The predicted molar refractivity (Wildman–Crippen MR) is 562 cm³/mol. The molecule has 0 aliphatic carbocycles. The number of sulfonamides is 1. The second-order valence-electron chi connectivity index (χ2n) is 29.5. The molecule has 0 heterocycles. The van der Waals surface area contributed by atoms with Gasteiger partial charge in [-0.15, -0.1) is 0 Å². The number of hydrogen-bond acceptors (Lipinski definition) is 23. The van der Waals surface area contributed by atoms with Crippen LogP contribution < -0.4 is 4.74 Å². The Kier molecular flexibility index (Phi) is 38.9. The maximum Gasteiger partial charge on any atom is 0.242 e. The van der Waals surface area contributed by atoms with Gasteiger partial charge in [0.2, 0.25) is 116 Å². The van der Waals surface area contributed by atoms with Gasteiger partial charge < -0.3 is 4.74 Å². The van der Waals surface area contributed by atoms with E-state index in [0.29, 0.717) is 5.75 Å². The van der Waals surface area contributed by atoms with Crippen molar-refractivity contribution in [2.45, 2.75) is 139 Å². The highest BCUT2D eigenvalue weighted by molar-refractivity contribution is 9.44. The van der Waals surface area contributed by atoms with E-state index < -0.39 is 116 Å². The van der Waals surface area contributed by atoms with E-state index in [1.807, 2.05) is 43.3 Å². The molecule has 24 nitrogen and oxygen atoms in total. The Morgan fingerprint density at radius 1 is 0.252 bits per heavy atom. The van der Waals surface area contributed by atoms with E-state index in [0.717, 1.165) is 32.6 Å². The summed E-state index contributed by atoms with van der Waals surface area (Å²) in [5.41, 5.74) is 2.08. The summed E-state index contributed by atoms with van der Waals surface area (Å²) in [7, 11) is -37.3. The number of ether oxygens (including phenoxy) is 1. The molecule has 0 fully saturated rings. The topological polar surface area (TPSA) is 388 Å². The highest BCUT2D eigenvalue weighted by Crippen LogP contribution is 2.49. The van der Waals surface area contributed by atoms with Gasteiger partial charge in [0.05, 0.1) is 85.4 Å². The number of rotatable bonds is 20. The zero-order chi connectivity index (χ0) is 99.5. The average molecular weight is 2980 g/mol. The highest BCUT2D eigenvalue weighted by Gasteiger charge is 2.43. The van der Waals surface area contributed by atoms with E-state index in [1.54, 1.807) is 54.6 Å². The molecule has 0 amide bonds. The quantitative estimate of drug-likeness (QED) is 0.0639. The van der Waals surface area contributed by atoms with Gasteiger partial charge in [-0.2, -0.15) is 0 Å². The van der Waals surface area contributed by atoms with Crippen LogP contribution in [0.4, 0.5) is 0 Å². The van der Waals surface area contributed by atoms with Gasteiger partial charge in [0.1, 0.15) is 5.75 Å².